The van der Waals surface area contributed by atoms with Gasteiger partial charge in [-0.3, -0.25) is 10.1 Å². The van der Waals surface area contributed by atoms with Crippen LogP contribution in [0.5, 0.6) is 5.75 Å². The van der Waals surface area contributed by atoms with E-state index in [2.05, 4.69) is 0 Å². The van der Waals surface area contributed by atoms with Gasteiger partial charge in [0.05, 0.1) is 11.5 Å². The van der Waals surface area contributed by atoms with Crippen molar-refractivity contribution in [2.75, 3.05) is 12.3 Å². The lowest BCUT2D eigenvalue weighted by Crippen LogP contribution is -2.02. The summed E-state index contributed by atoms with van der Waals surface area (Å²) in [6, 6.07) is 3.26. The van der Waals surface area contributed by atoms with Crippen LogP contribution in [0.15, 0.2) is 12.1 Å². The third-order valence-corrected chi connectivity index (χ3v) is 1.88. The van der Waals surface area contributed by atoms with Crippen molar-refractivity contribution in [2.24, 2.45) is 0 Å². The molecular weight excluding hydrogens is 184 g/mol. The van der Waals surface area contributed by atoms with Gasteiger partial charge in [0.2, 0.25) is 0 Å². The van der Waals surface area contributed by atoms with Gasteiger partial charge in [0.1, 0.15) is 5.69 Å². The molecule has 0 unspecified atom stereocenters. The molecule has 0 aliphatic carbocycles. The molecule has 1 rings (SSSR count). The number of aryl methyl sites for hydroxylation is 1. The van der Waals surface area contributed by atoms with Crippen LogP contribution in [0, 0.1) is 17.0 Å². The second-order valence-corrected chi connectivity index (χ2v) is 2.83. The number of hydrogen-bond donors (Lipinski definition) is 1. The molecule has 76 valence electrons. The largest absolute Gasteiger partial charge is 0.487 e. The number of nitro benzene ring substituents is 1. The topological polar surface area (TPSA) is 78.4 Å². The Kier molecular flexibility index (Phi) is 2.91. The van der Waals surface area contributed by atoms with E-state index in [0.717, 1.165) is 0 Å². The van der Waals surface area contributed by atoms with Crippen molar-refractivity contribution in [1.29, 1.82) is 0 Å². The molecule has 0 atom stereocenters. The fraction of sp³-hybridized carbons (Fsp3) is 0.333. The molecule has 0 saturated heterocycles. The van der Waals surface area contributed by atoms with Crippen molar-refractivity contribution in [3.63, 3.8) is 0 Å². The Morgan fingerprint density at radius 1 is 1.57 bits per heavy atom. The van der Waals surface area contributed by atoms with E-state index in [1.165, 1.54) is 0 Å². The average molecular weight is 196 g/mol. The van der Waals surface area contributed by atoms with Crippen molar-refractivity contribution in [3.8, 4) is 5.75 Å². The summed E-state index contributed by atoms with van der Waals surface area (Å²) in [5, 5.41) is 10.7. The Hall–Kier alpha value is -1.78. The molecule has 5 heteroatoms. The Labute approximate surface area is 81.6 Å². The highest BCUT2D eigenvalue weighted by Crippen LogP contribution is 2.34. The standard InChI is InChI=1S/C9H12N2O3/c1-3-14-7-5-4-6(2)8(10)9(7)11(12)13/h4-5H,3,10H2,1-2H3. The summed E-state index contributed by atoms with van der Waals surface area (Å²) in [6.07, 6.45) is 0. The molecule has 0 radical (unpaired) electrons. The second-order valence-electron chi connectivity index (χ2n) is 2.83. The number of benzene rings is 1. The Morgan fingerprint density at radius 3 is 2.71 bits per heavy atom. The number of nitrogens with zero attached hydrogens (tertiary/aromatic N) is 1. The summed E-state index contributed by atoms with van der Waals surface area (Å²) in [5.74, 6) is 0.223. The van der Waals surface area contributed by atoms with E-state index >= 15 is 0 Å². The zero-order chi connectivity index (χ0) is 10.7. The molecule has 0 bridgehead atoms. The molecule has 0 aliphatic heterocycles. The predicted molar refractivity (Wildman–Crippen MR) is 53.4 cm³/mol. The maximum absolute atomic E-state index is 10.7. The third-order valence-electron chi connectivity index (χ3n) is 1.88. The minimum atomic E-state index is -0.521. The van der Waals surface area contributed by atoms with Gasteiger partial charge < -0.3 is 10.5 Å². The molecule has 0 heterocycles. The summed E-state index contributed by atoms with van der Waals surface area (Å²) in [5.41, 5.74) is 6.29. The van der Waals surface area contributed by atoms with Crippen LogP contribution in [-0.2, 0) is 0 Å². The minimum Gasteiger partial charge on any atom is -0.487 e. The Balaban J connectivity index is 3.30. The summed E-state index contributed by atoms with van der Waals surface area (Å²) >= 11 is 0. The van der Waals surface area contributed by atoms with Crippen LogP contribution in [-0.4, -0.2) is 11.5 Å². The molecule has 0 aliphatic rings. The zero-order valence-electron chi connectivity index (χ0n) is 8.11. The molecule has 0 spiro atoms. The molecule has 0 amide bonds. The molecule has 0 fully saturated rings. The minimum absolute atomic E-state index is 0.146. The fourth-order valence-electron chi connectivity index (χ4n) is 1.15. The average Bonchev–Trinajstić information content (AvgIpc) is 2.11. The smallest absolute Gasteiger partial charge is 0.333 e. The lowest BCUT2D eigenvalue weighted by molar-refractivity contribution is -0.384. The highest BCUT2D eigenvalue weighted by Gasteiger charge is 2.20. The van der Waals surface area contributed by atoms with E-state index in [-0.39, 0.29) is 17.1 Å². The van der Waals surface area contributed by atoms with Gasteiger partial charge in [-0.1, -0.05) is 6.07 Å². The normalized spacial score (nSPS) is 9.86. The quantitative estimate of drug-likeness (QED) is 0.454. The van der Waals surface area contributed by atoms with Crippen molar-refractivity contribution in [2.45, 2.75) is 13.8 Å². The first-order chi connectivity index (χ1) is 6.57. The van der Waals surface area contributed by atoms with Gasteiger partial charge in [0, 0.05) is 0 Å². The monoisotopic (exact) mass is 196 g/mol. The molecule has 1 aromatic rings. The lowest BCUT2D eigenvalue weighted by atomic mass is 10.1. The van der Waals surface area contributed by atoms with Crippen molar-refractivity contribution >= 4 is 11.4 Å². The van der Waals surface area contributed by atoms with E-state index in [4.69, 9.17) is 10.5 Å². The van der Waals surface area contributed by atoms with Crippen LogP contribution in [0.4, 0.5) is 11.4 Å². The molecular formula is C9H12N2O3. The second kappa shape index (κ2) is 3.95. The molecule has 1 aromatic carbocycles. The third kappa shape index (κ3) is 1.76. The van der Waals surface area contributed by atoms with Gasteiger partial charge in [-0.15, -0.1) is 0 Å². The van der Waals surface area contributed by atoms with Gasteiger partial charge in [-0.2, -0.15) is 0 Å². The lowest BCUT2D eigenvalue weighted by Gasteiger charge is -2.07. The van der Waals surface area contributed by atoms with Crippen LogP contribution in [0.1, 0.15) is 12.5 Å². The van der Waals surface area contributed by atoms with Gasteiger partial charge in [-0.25, -0.2) is 0 Å². The summed E-state index contributed by atoms with van der Waals surface area (Å²) in [7, 11) is 0. The van der Waals surface area contributed by atoms with Gasteiger partial charge >= 0.3 is 5.69 Å². The first-order valence-electron chi connectivity index (χ1n) is 4.24. The van der Waals surface area contributed by atoms with E-state index in [9.17, 15) is 10.1 Å². The highest BCUT2D eigenvalue weighted by molar-refractivity contribution is 5.69. The number of anilines is 1. The van der Waals surface area contributed by atoms with Crippen LogP contribution < -0.4 is 10.5 Å². The summed E-state index contributed by atoms with van der Waals surface area (Å²) < 4.78 is 5.11. The van der Waals surface area contributed by atoms with Crippen molar-refractivity contribution in [3.05, 3.63) is 27.8 Å². The molecule has 0 aromatic heterocycles. The predicted octanol–water partition coefficient (Wildman–Crippen LogP) is 1.88. The maximum atomic E-state index is 10.7. The van der Waals surface area contributed by atoms with Crippen molar-refractivity contribution in [1.82, 2.24) is 0 Å². The molecule has 5 nitrogen and oxygen atoms in total. The van der Waals surface area contributed by atoms with E-state index in [1.54, 1.807) is 26.0 Å². The fourth-order valence-corrected chi connectivity index (χ4v) is 1.15. The first kappa shape index (κ1) is 10.3. The Morgan fingerprint density at radius 2 is 2.21 bits per heavy atom. The number of rotatable bonds is 3. The highest BCUT2D eigenvalue weighted by atomic mass is 16.6. The number of hydrogen-bond acceptors (Lipinski definition) is 4. The summed E-state index contributed by atoms with van der Waals surface area (Å²) in [4.78, 5) is 10.2. The van der Waals surface area contributed by atoms with Crippen LogP contribution in [0.2, 0.25) is 0 Å². The van der Waals surface area contributed by atoms with Crippen LogP contribution in [0.25, 0.3) is 0 Å². The van der Waals surface area contributed by atoms with Crippen LogP contribution >= 0.6 is 0 Å². The van der Waals surface area contributed by atoms with Crippen molar-refractivity contribution < 1.29 is 9.66 Å². The van der Waals surface area contributed by atoms with E-state index < -0.39 is 4.92 Å². The SMILES string of the molecule is CCOc1ccc(C)c(N)c1[N+](=O)[O-]. The van der Waals surface area contributed by atoms with Gasteiger partial charge in [-0.05, 0) is 25.5 Å². The first-order valence-corrected chi connectivity index (χ1v) is 4.24. The van der Waals surface area contributed by atoms with Crippen LogP contribution in [0.3, 0.4) is 0 Å². The van der Waals surface area contributed by atoms with E-state index in [1.807, 2.05) is 0 Å². The number of nitrogens with two attached hydrogens (primary N) is 1. The molecule has 2 N–H and O–H groups in total. The van der Waals surface area contributed by atoms with E-state index in [0.29, 0.717) is 12.2 Å². The van der Waals surface area contributed by atoms with Gasteiger partial charge in [0.25, 0.3) is 0 Å². The summed E-state index contributed by atoms with van der Waals surface area (Å²) in [6.45, 7) is 3.86. The maximum Gasteiger partial charge on any atom is 0.333 e. The number of nitro groups is 1. The zero-order valence-corrected chi connectivity index (χ0v) is 8.11. The number of nitrogen functional groups attached to an aromatic ring is 1. The number of ether oxygens (including phenoxy) is 1. The molecule has 0 saturated carbocycles. The molecule has 14 heavy (non-hydrogen) atoms. The Bertz CT molecular complexity index is 363. The van der Waals surface area contributed by atoms with Gasteiger partial charge in [0.15, 0.2) is 5.75 Å².